The van der Waals surface area contributed by atoms with E-state index in [0.717, 1.165) is 62.6 Å². The van der Waals surface area contributed by atoms with Gasteiger partial charge in [-0.05, 0) is 62.4 Å². The Morgan fingerprint density at radius 2 is 1.96 bits per heavy atom. The van der Waals surface area contributed by atoms with Crippen molar-refractivity contribution in [2.45, 2.75) is 44.2 Å². The molecule has 3 fully saturated rings. The Bertz CT molecular complexity index is 667. The summed E-state index contributed by atoms with van der Waals surface area (Å²) in [5.41, 5.74) is 2.01. The molecule has 28 heavy (non-hydrogen) atoms. The van der Waals surface area contributed by atoms with Crippen LogP contribution in [-0.2, 0) is 4.79 Å². The highest BCUT2D eigenvalue weighted by Crippen LogP contribution is 2.31. The zero-order chi connectivity index (χ0) is 18.1. The lowest BCUT2D eigenvalue weighted by Crippen LogP contribution is -2.42. The molecule has 0 aromatic heterocycles. The van der Waals surface area contributed by atoms with Gasteiger partial charge in [-0.25, -0.2) is 4.39 Å². The number of likely N-dealkylation sites (tertiary alicyclic amines) is 1. The summed E-state index contributed by atoms with van der Waals surface area (Å²) in [7, 11) is 0. The predicted octanol–water partition coefficient (Wildman–Crippen LogP) is 3.42. The van der Waals surface area contributed by atoms with Gasteiger partial charge in [-0.3, -0.25) is 9.69 Å². The number of nitrogens with one attached hydrogen (secondary N) is 1. The number of carbonyl (C=O) groups is 1. The van der Waals surface area contributed by atoms with Gasteiger partial charge in [0.1, 0.15) is 5.82 Å². The van der Waals surface area contributed by atoms with Crippen LogP contribution in [0.4, 0.5) is 4.39 Å². The number of hydrogen-bond acceptors (Lipinski definition) is 4. The molecule has 3 aliphatic heterocycles. The van der Waals surface area contributed by atoms with Gasteiger partial charge in [0.2, 0.25) is 5.91 Å². The van der Waals surface area contributed by atoms with Crippen molar-refractivity contribution in [3.8, 4) is 0 Å². The maximum atomic E-state index is 13.5. The highest BCUT2D eigenvalue weighted by atomic mass is 35.5. The minimum absolute atomic E-state index is 0. The highest BCUT2D eigenvalue weighted by Gasteiger charge is 2.36. The molecule has 0 spiro atoms. The zero-order valence-electron chi connectivity index (χ0n) is 16.2. The van der Waals surface area contributed by atoms with Gasteiger partial charge in [-0.2, -0.15) is 0 Å². The van der Waals surface area contributed by atoms with E-state index in [1.807, 2.05) is 35.7 Å². The summed E-state index contributed by atoms with van der Waals surface area (Å²) in [6.07, 6.45) is 3.16. The summed E-state index contributed by atoms with van der Waals surface area (Å²) >= 11 is 1.84. The topological polar surface area (TPSA) is 35.6 Å². The van der Waals surface area contributed by atoms with Gasteiger partial charge in [0.15, 0.2) is 0 Å². The Morgan fingerprint density at radius 3 is 2.61 bits per heavy atom. The van der Waals surface area contributed by atoms with Gasteiger partial charge >= 0.3 is 0 Å². The summed E-state index contributed by atoms with van der Waals surface area (Å²) in [5.74, 6) is 2.62. The first-order valence-electron chi connectivity index (χ1n) is 9.72. The number of piperidine rings is 1. The van der Waals surface area contributed by atoms with E-state index in [9.17, 15) is 9.18 Å². The van der Waals surface area contributed by atoms with E-state index in [0.29, 0.717) is 12.0 Å². The quantitative estimate of drug-likeness (QED) is 0.766. The fourth-order valence-electron chi connectivity index (χ4n) is 4.51. The first-order valence-corrected chi connectivity index (χ1v) is 10.9. The molecule has 1 aromatic rings. The molecular weight excluding hydrogens is 420 g/mol. The number of carbonyl (C=O) groups excluding carboxylic acids is 1. The lowest BCUT2D eigenvalue weighted by molar-refractivity contribution is -0.131. The summed E-state index contributed by atoms with van der Waals surface area (Å²) in [4.78, 5) is 17.1. The molecule has 3 saturated heterocycles. The lowest BCUT2D eigenvalue weighted by atomic mass is 9.88. The summed E-state index contributed by atoms with van der Waals surface area (Å²) in [6.45, 7) is 5.78. The molecule has 8 heteroatoms. The average Bonchev–Trinajstić information content (AvgIpc) is 3.36. The number of hydrogen-bond donors (Lipinski definition) is 1. The van der Waals surface area contributed by atoms with E-state index >= 15 is 0 Å². The smallest absolute Gasteiger partial charge is 0.240 e. The summed E-state index contributed by atoms with van der Waals surface area (Å²) < 4.78 is 13.5. The van der Waals surface area contributed by atoms with E-state index in [1.54, 1.807) is 6.07 Å². The summed E-state index contributed by atoms with van der Waals surface area (Å²) in [6, 6.07) is 6.02. The molecule has 4 rings (SSSR count). The van der Waals surface area contributed by atoms with Crippen molar-refractivity contribution >= 4 is 42.5 Å². The first kappa shape index (κ1) is 23.7. The van der Waals surface area contributed by atoms with Crippen molar-refractivity contribution in [2.24, 2.45) is 0 Å². The Hall–Kier alpha value is -0.530. The Kier molecular flexibility index (Phi) is 8.89. The maximum absolute atomic E-state index is 13.5. The van der Waals surface area contributed by atoms with E-state index in [4.69, 9.17) is 0 Å². The van der Waals surface area contributed by atoms with Crippen molar-refractivity contribution in [1.82, 2.24) is 15.1 Å². The third-order valence-corrected chi connectivity index (χ3v) is 7.13. The molecule has 1 aromatic carbocycles. The van der Waals surface area contributed by atoms with Crippen molar-refractivity contribution in [3.63, 3.8) is 0 Å². The molecule has 0 aliphatic carbocycles. The van der Waals surface area contributed by atoms with Crippen molar-refractivity contribution in [2.75, 3.05) is 37.8 Å². The lowest BCUT2D eigenvalue weighted by Gasteiger charge is -2.36. The minimum Gasteiger partial charge on any atom is -0.331 e. The third kappa shape index (κ3) is 5.14. The number of rotatable bonds is 3. The number of halogens is 3. The fraction of sp³-hybridized carbons (Fsp3) is 0.650. The van der Waals surface area contributed by atoms with Crippen LogP contribution in [0.15, 0.2) is 18.2 Å². The molecule has 158 valence electrons. The van der Waals surface area contributed by atoms with Crippen molar-refractivity contribution < 1.29 is 9.18 Å². The van der Waals surface area contributed by atoms with Gasteiger partial charge in [0.25, 0.3) is 0 Å². The number of aryl methyl sites for hydroxylation is 1. The van der Waals surface area contributed by atoms with Gasteiger partial charge < -0.3 is 10.2 Å². The Morgan fingerprint density at radius 1 is 1.21 bits per heavy atom. The van der Waals surface area contributed by atoms with Gasteiger partial charge in [-0.15, -0.1) is 36.6 Å². The molecule has 4 nitrogen and oxygen atoms in total. The third-order valence-electron chi connectivity index (χ3n) is 6.17. The van der Waals surface area contributed by atoms with E-state index in [2.05, 4.69) is 10.2 Å². The molecule has 3 heterocycles. The van der Waals surface area contributed by atoms with Crippen LogP contribution < -0.4 is 5.32 Å². The van der Waals surface area contributed by atoms with Gasteiger partial charge in [-0.1, -0.05) is 12.1 Å². The van der Waals surface area contributed by atoms with E-state index in [-0.39, 0.29) is 42.6 Å². The molecule has 0 bridgehead atoms. The van der Waals surface area contributed by atoms with Crippen LogP contribution in [0.2, 0.25) is 0 Å². The molecule has 2 atom stereocenters. The van der Waals surface area contributed by atoms with E-state index in [1.165, 1.54) is 5.56 Å². The van der Waals surface area contributed by atoms with Gasteiger partial charge in [0.05, 0.1) is 11.9 Å². The largest absolute Gasteiger partial charge is 0.331 e. The van der Waals surface area contributed by atoms with E-state index < -0.39 is 0 Å². The second-order valence-corrected chi connectivity index (χ2v) is 8.88. The predicted molar refractivity (Wildman–Crippen MR) is 118 cm³/mol. The average molecular weight is 450 g/mol. The fourth-order valence-corrected chi connectivity index (χ4v) is 5.47. The van der Waals surface area contributed by atoms with Gasteiger partial charge in [0, 0.05) is 24.9 Å². The van der Waals surface area contributed by atoms with Crippen LogP contribution in [0.25, 0.3) is 0 Å². The SMILES string of the molecule is Cc1cc(C2CCN([C@@H]3CN[C@H](C(=O)N4CCSC4)C3)CC2)ccc1F.Cl.Cl. The highest BCUT2D eigenvalue weighted by molar-refractivity contribution is 7.99. The second-order valence-electron chi connectivity index (χ2n) is 7.81. The number of benzene rings is 1. The van der Waals surface area contributed by atoms with Crippen LogP contribution in [0, 0.1) is 12.7 Å². The monoisotopic (exact) mass is 449 g/mol. The zero-order valence-corrected chi connectivity index (χ0v) is 18.7. The molecular formula is C20H30Cl2FN3OS. The van der Waals surface area contributed by atoms with Crippen LogP contribution in [-0.4, -0.2) is 65.6 Å². The molecule has 0 saturated carbocycles. The Labute approximate surface area is 183 Å². The first-order chi connectivity index (χ1) is 12.6. The second kappa shape index (κ2) is 10.5. The molecule has 1 N–H and O–H groups in total. The molecule has 1 amide bonds. The number of amides is 1. The van der Waals surface area contributed by atoms with Crippen LogP contribution >= 0.6 is 36.6 Å². The minimum atomic E-state index is -0.115. The number of nitrogens with zero attached hydrogens (tertiary/aromatic N) is 2. The summed E-state index contributed by atoms with van der Waals surface area (Å²) in [5, 5.41) is 3.45. The van der Waals surface area contributed by atoms with Crippen LogP contribution in [0.1, 0.15) is 36.3 Å². The van der Waals surface area contributed by atoms with Crippen molar-refractivity contribution in [3.05, 3.63) is 35.1 Å². The van der Waals surface area contributed by atoms with Crippen LogP contribution in [0.5, 0.6) is 0 Å². The normalized spacial score (nSPS) is 26.0. The standard InChI is InChI=1S/C20H28FN3OS.2ClH/c1-14-10-16(2-3-18(14)21)15-4-6-23(7-5-15)17-11-19(22-12-17)20(25)24-8-9-26-13-24;;/h2-3,10,15,17,19,22H,4-9,11-13H2,1H3;2*1H/t17-,19-;;/m0../s1. The molecule has 0 unspecified atom stereocenters. The molecule has 0 radical (unpaired) electrons. The van der Waals surface area contributed by atoms with Crippen LogP contribution in [0.3, 0.4) is 0 Å². The number of thioether (sulfide) groups is 1. The maximum Gasteiger partial charge on any atom is 0.240 e. The Balaban J connectivity index is 0.00000140. The molecule has 3 aliphatic rings. The van der Waals surface area contributed by atoms with Crippen molar-refractivity contribution in [1.29, 1.82) is 0 Å².